The van der Waals surface area contributed by atoms with E-state index in [2.05, 4.69) is 424 Å². The molecule has 0 radical (unpaired) electrons. The van der Waals surface area contributed by atoms with Crippen molar-refractivity contribution in [2.75, 3.05) is 47.8 Å². The fourth-order valence-corrected chi connectivity index (χ4v) is 13.8. The Labute approximate surface area is 755 Å². The third-order valence-corrected chi connectivity index (χ3v) is 20.1. The van der Waals surface area contributed by atoms with Crippen molar-refractivity contribution in [2.24, 2.45) is 14.1 Å². The van der Waals surface area contributed by atoms with Gasteiger partial charge >= 0.3 is 0 Å². The van der Waals surface area contributed by atoms with Crippen molar-refractivity contribution in [1.82, 2.24) is 33.4 Å². The Kier molecular flexibility index (Phi) is 61.6. The maximum atomic E-state index is 2.44. The second-order valence-corrected chi connectivity index (χ2v) is 25.7. The van der Waals surface area contributed by atoms with Crippen molar-refractivity contribution in [1.29, 1.82) is 0 Å². The number of imidazole rings is 1. The quantitative estimate of drug-likeness (QED) is 0.133. The maximum absolute atomic E-state index is 2.44. The van der Waals surface area contributed by atoms with Gasteiger partial charge in [-0.1, -0.05) is 303 Å². The molecule has 0 spiro atoms. The van der Waals surface area contributed by atoms with E-state index in [0.717, 1.165) is 0 Å². The zero-order chi connectivity index (χ0) is 94.9. The number of aryl methyl sites for hydroxylation is 4. The van der Waals surface area contributed by atoms with Crippen LogP contribution in [0.25, 0.3) is 61.4 Å². The minimum atomic E-state index is 0.318. The number of para-hydroxylation sites is 3. The molecule has 4 atom stereocenters. The van der Waals surface area contributed by atoms with Crippen LogP contribution in [0.5, 0.6) is 0 Å². The van der Waals surface area contributed by atoms with Gasteiger partial charge in [0.1, 0.15) is 48.4 Å². The molecule has 4 aliphatic rings. The van der Waals surface area contributed by atoms with Gasteiger partial charge in [0.15, 0.2) is 13.2 Å². The van der Waals surface area contributed by atoms with Gasteiger partial charge in [-0.3, -0.25) is 0 Å². The number of fused-ring (bicyclic) bond motifs is 3. The van der Waals surface area contributed by atoms with Gasteiger partial charge in [0.25, 0.3) is 5.82 Å². The van der Waals surface area contributed by atoms with Gasteiger partial charge in [0.2, 0.25) is 0 Å². The monoisotopic (exact) mass is 1680 g/mol. The Hall–Kier alpha value is -10.7. The molecule has 0 saturated heterocycles. The van der Waals surface area contributed by atoms with Crippen LogP contribution in [0.3, 0.4) is 0 Å². The van der Waals surface area contributed by atoms with Gasteiger partial charge < -0.3 is 43.8 Å². The SMILES string of the molecule is CC.CC.CC.CC.CC.CC.CC.CC.CC.CC.CC.CC.CC.CC.Cc1c(-c2n(-c3ccccc3)cc[n+]2C)cccc1N1C=CN(C)[C@H]1C.Cc1c(N2C=CN(C)[C@H]2C)cccc1-n1ccc[n+]1C.Cc1c(N2C=CN(C)[C@H]2C)cccc1N1C=CN(C)[C@@H]1C.Cc1ccccc1-c1cccc(-n2c3ccccc3c3cccc(C)c32)c1C. The lowest BCUT2D eigenvalue weighted by molar-refractivity contribution is -0.744. The lowest BCUT2D eigenvalue weighted by Gasteiger charge is -2.32. The molecule has 0 N–H and O–H groups in total. The maximum Gasteiger partial charge on any atom is 0.294 e. The first-order chi connectivity index (χ1) is 59.8. The Morgan fingerprint density at radius 3 is 1.00 bits per heavy atom. The molecule has 680 valence electrons. The summed E-state index contributed by atoms with van der Waals surface area (Å²) in [5.74, 6) is 1.18. The van der Waals surface area contributed by atoms with Crippen LogP contribution >= 0.6 is 0 Å². The summed E-state index contributed by atoms with van der Waals surface area (Å²) in [5, 5.41) is 2.62. The molecule has 7 heterocycles. The van der Waals surface area contributed by atoms with Gasteiger partial charge in [-0.2, -0.15) is 4.57 Å². The minimum absolute atomic E-state index is 0.318. The highest BCUT2D eigenvalue weighted by molar-refractivity contribution is 6.10. The van der Waals surface area contributed by atoms with E-state index in [0.29, 0.717) is 24.7 Å². The van der Waals surface area contributed by atoms with E-state index in [1.54, 1.807) is 0 Å². The predicted octanol–water partition coefficient (Wildman–Crippen LogP) is 30.9. The van der Waals surface area contributed by atoms with Crippen LogP contribution in [0.4, 0.5) is 22.7 Å². The summed E-state index contributed by atoms with van der Waals surface area (Å²) < 4.78 is 11.1. The van der Waals surface area contributed by atoms with Crippen LogP contribution in [0.2, 0.25) is 0 Å². The van der Waals surface area contributed by atoms with Crippen LogP contribution in [0.1, 0.15) is 255 Å². The lowest BCUT2D eigenvalue weighted by atomic mass is 9.95. The average molecular weight is 1680 g/mol. The third kappa shape index (κ3) is 29.5. The van der Waals surface area contributed by atoms with E-state index in [4.69, 9.17) is 0 Å². The Bertz CT molecular complexity index is 4650. The molecule has 4 aliphatic heterocycles. The zero-order valence-corrected chi connectivity index (χ0v) is 86.3. The van der Waals surface area contributed by atoms with Crippen molar-refractivity contribution < 1.29 is 9.25 Å². The highest BCUT2D eigenvalue weighted by Gasteiger charge is 2.30. The van der Waals surface area contributed by atoms with Crippen LogP contribution in [0.15, 0.2) is 250 Å². The van der Waals surface area contributed by atoms with Crippen molar-refractivity contribution in [3.8, 4) is 39.6 Å². The summed E-state index contributed by atoms with van der Waals surface area (Å²) in [6.45, 7) is 78.1. The smallest absolute Gasteiger partial charge is 0.294 e. The molecule has 0 aliphatic carbocycles. The van der Waals surface area contributed by atoms with E-state index >= 15 is 0 Å². The van der Waals surface area contributed by atoms with E-state index in [1.165, 1.54) is 118 Å². The summed E-state index contributed by atoms with van der Waals surface area (Å²) in [6, 6.07) is 62.8. The van der Waals surface area contributed by atoms with Crippen molar-refractivity contribution in [3.63, 3.8) is 0 Å². The molecule has 15 rings (SSSR count). The first kappa shape index (κ1) is 116. The Morgan fingerprint density at radius 1 is 0.268 bits per heavy atom. The highest BCUT2D eigenvalue weighted by atomic mass is 15.4. The third-order valence-electron chi connectivity index (χ3n) is 20.1. The van der Waals surface area contributed by atoms with E-state index in [9.17, 15) is 0 Å². The Balaban J connectivity index is -0.00000143. The average Bonchev–Trinajstić information content (AvgIpc) is 1.58. The second-order valence-electron chi connectivity index (χ2n) is 25.7. The number of hydrogen-bond acceptors (Lipinski definition) is 8. The summed E-state index contributed by atoms with van der Waals surface area (Å²) >= 11 is 0. The predicted molar refractivity (Wildman–Crippen MR) is 555 cm³/mol. The second kappa shape index (κ2) is 65.1. The lowest BCUT2D eigenvalue weighted by Crippen LogP contribution is -2.37. The van der Waals surface area contributed by atoms with E-state index in [1.807, 2.05) is 194 Å². The number of aromatic nitrogens is 5. The molecule has 0 unspecified atom stereocenters. The number of nitrogens with zero attached hydrogens (tertiary/aromatic N) is 13. The molecular weight excluding hydrogens is 1500 g/mol. The fraction of sp³-hybridized carbons (Fsp3) is 0.436. The normalized spacial score (nSPS) is 13.9. The molecule has 8 aromatic carbocycles. The summed E-state index contributed by atoms with van der Waals surface area (Å²) in [4.78, 5) is 18.2. The first-order valence-corrected chi connectivity index (χ1v) is 47.2. The van der Waals surface area contributed by atoms with E-state index in [-0.39, 0.29) is 0 Å². The van der Waals surface area contributed by atoms with Gasteiger partial charge in [0, 0.05) is 129 Å². The van der Waals surface area contributed by atoms with Crippen molar-refractivity contribution in [3.05, 3.63) is 284 Å². The molecule has 13 nitrogen and oxygen atoms in total. The van der Waals surface area contributed by atoms with Gasteiger partial charge in [-0.15, -0.1) is 9.36 Å². The van der Waals surface area contributed by atoms with Crippen molar-refractivity contribution >= 4 is 44.6 Å². The van der Waals surface area contributed by atoms with Crippen LogP contribution < -0.4 is 28.8 Å². The zero-order valence-electron chi connectivity index (χ0n) is 86.3. The van der Waals surface area contributed by atoms with E-state index < -0.39 is 0 Å². The van der Waals surface area contributed by atoms with Crippen LogP contribution in [0, 0.1) is 41.5 Å². The number of hydrogen-bond donors (Lipinski definition) is 0. The number of benzene rings is 8. The Morgan fingerprint density at radius 2 is 0.593 bits per heavy atom. The molecule has 123 heavy (non-hydrogen) atoms. The van der Waals surface area contributed by atoms with Crippen LogP contribution in [-0.2, 0) is 14.1 Å². The summed E-state index contributed by atoms with van der Waals surface area (Å²) in [6.07, 6.45) is 26.9. The van der Waals surface area contributed by atoms with Crippen molar-refractivity contribution in [2.45, 2.75) is 288 Å². The fourth-order valence-electron chi connectivity index (χ4n) is 13.8. The van der Waals surface area contributed by atoms with Gasteiger partial charge in [0.05, 0.1) is 29.8 Å². The van der Waals surface area contributed by atoms with Gasteiger partial charge in [-0.05, 0) is 169 Å². The first-order valence-electron chi connectivity index (χ1n) is 47.2. The summed E-state index contributed by atoms with van der Waals surface area (Å²) in [5.41, 5.74) is 22.9. The van der Waals surface area contributed by atoms with Gasteiger partial charge in [-0.25, -0.2) is 4.57 Å². The highest BCUT2D eigenvalue weighted by Crippen LogP contribution is 2.40. The molecule has 0 amide bonds. The number of rotatable bonds is 9. The number of anilines is 4. The molecule has 3 aromatic heterocycles. The topological polar surface area (TPSA) is 48.5 Å². The minimum Gasteiger partial charge on any atom is -0.359 e. The molecular formula is C110H177N13+2. The van der Waals surface area contributed by atoms with Crippen LogP contribution in [-0.4, -0.2) is 86.3 Å². The largest absolute Gasteiger partial charge is 0.359 e. The molecule has 11 aromatic rings. The molecule has 0 bridgehead atoms. The molecule has 0 saturated carbocycles. The molecule has 0 fully saturated rings. The molecule has 13 heteroatoms. The summed E-state index contributed by atoms with van der Waals surface area (Å²) in [7, 11) is 12.6. The standard InChI is InChI=1S/C27H23N.C22H25N4.C17H24N4.C16H21N4.14C2H6/c1-18-10-4-5-12-21(18)22-14-9-17-25(20(22)3)28-26-16-7-6-13-23(26)24-15-8-11-19(2)27(24)28;1-17-20(11-8-12-21(17)25-15-13-23(3)18(25)2)22-24(4)14-16-26(22)19-9-6-5-7-10-19;1-13-16(20-11-9-18(4)14(20)2)7-6-8-17(13)21-12-10-19(5)15(21)3;1-13-15(19-12-11-17(3)14(19)2)7-5-8-16(13)20-10-6-9-18(20)4;14*1-2/h4-17H,1-3H3;5-16,18H,1-4H3;6-12,14-15H,1-5H3;5-12,14H,1-4H3;14*1-2H3/q;+1;;+1;;;;;;;;;;;;;;/t;18-;14-,15+;14-;;;;;;;;;;;;;;/m.1.1............../s1.